The van der Waals surface area contributed by atoms with Gasteiger partial charge in [0.15, 0.2) is 0 Å². The summed E-state index contributed by atoms with van der Waals surface area (Å²) in [5.41, 5.74) is 0. The normalized spacial score (nSPS) is 9.38. The zero-order valence-corrected chi connectivity index (χ0v) is 8.22. The van der Waals surface area contributed by atoms with Crippen molar-refractivity contribution in [2.45, 2.75) is 0 Å². The van der Waals surface area contributed by atoms with Crippen molar-refractivity contribution in [1.29, 1.82) is 0 Å². The molecule has 4 heteroatoms. The summed E-state index contributed by atoms with van der Waals surface area (Å²) in [6.07, 6.45) is 1.54. The van der Waals surface area contributed by atoms with E-state index in [0.29, 0.717) is 12.4 Å². The van der Waals surface area contributed by atoms with Crippen LogP contribution in [0.15, 0.2) is 34.8 Å². The lowest BCUT2D eigenvalue weighted by molar-refractivity contribution is 0.362. The molecule has 70 valence electrons. The molecule has 0 saturated carbocycles. The Balaban J connectivity index is 2.46. The molecule has 1 N–H and O–H groups in total. The Labute approximate surface area is 86.4 Å². The number of rotatable bonds is 3. The fraction of sp³-hybridized carbons (Fsp3) is 0.111. The maximum Gasteiger partial charge on any atom is 0.120 e. The van der Waals surface area contributed by atoms with E-state index < -0.39 is 0 Å². The van der Waals surface area contributed by atoms with Gasteiger partial charge < -0.3 is 9.84 Å². The van der Waals surface area contributed by atoms with Crippen molar-refractivity contribution in [1.82, 2.24) is 0 Å². The minimum Gasteiger partial charge on any atom is -0.508 e. The highest BCUT2D eigenvalue weighted by atomic mass is 35.5. The summed E-state index contributed by atoms with van der Waals surface area (Å²) in [5, 5.41) is 8.96. The predicted molar refractivity (Wildman–Crippen MR) is 53.4 cm³/mol. The number of hydrogen-bond donors (Lipinski definition) is 1. The molecule has 0 aliphatic heterocycles. The summed E-state index contributed by atoms with van der Waals surface area (Å²) in [7, 11) is 0. The lowest BCUT2D eigenvalue weighted by Gasteiger charge is -2.02. The molecular weight excluding hydrogens is 211 g/mol. The largest absolute Gasteiger partial charge is 0.508 e. The molecule has 0 unspecified atom stereocenters. The first-order valence-corrected chi connectivity index (χ1v) is 4.37. The van der Waals surface area contributed by atoms with Gasteiger partial charge >= 0.3 is 0 Å². The van der Waals surface area contributed by atoms with E-state index in [2.05, 4.69) is 0 Å². The zero-order chi connectivity index (χ0) is 9.68. The van der Waals surface area contributed by atoms with Crippen LogP contribution in [0.2, 0.25) is 0 Å². The van der Waals surface area contributed by atoms with E-state index in [-0.39, 0.29) is 10.2 Å². The van der Waals surface area contributed by atoms with Crippen molar-refractivity contribution in [2.75, 3.05) is 6.61 Å². The van der Waals surface area contributed by atoms with Gasteiger partial charge in [-0.2, -0.15) is 0 Å². The number of benzene rings is 1. The number of hydrogen-bond acceptors (Lipinski definition) is 2. The van der Waals surface area contributed by atoms with Gasteiger partial charge in [-0.25, -0.2) is 0 Å². The van der Waals surface area contributed by atoms with Gasteiger partial charge in [-0.3, -0.25) is 0 Å². The SMILES string of the molecule is Oc1ccc(OCC=C(Cl)Cl)cc1. The van der Waals surface area contributed by atoms with Crippen LogP contribution >= 0.6 is 23.2 Å². The summed E-state index contributed by atoms with van der Waals surface area (Å²) in [4.78, 5) is 0. The number of ether oxygens (including phenoxy) is 1. The van der Waals surface area contributed by atoms with Gasteiger partial charge in [0.2, 0.25) is 0 Å². The molecule has 0 bridgehead atoms. The Morgan fingerprint density at radius 2 is 1.92 bits per heavy atom. The average Bonchev–Trinajstić information content (AvgIpc) is 2.08. The minimum atomic E-state index is 0.179. The molecule has 0 amide bonds. The van der Waals surface area contributed by atoms with Gasteiger partial charge in [-0.05, 0) is 30.3 Å². The number of halogens is 2. The average molecular weight is 219 g/mol. The summed E-state index contributed by atoms with van der Waals surface area (Å²) in [5.74, 6) is 0.863. The van der Waals surface area contributed by atoms with Crippen molar-refractivity contribution in [3.63, 3.8) is 0 Å². The summed E-state index contributed by atoms with van der Waals surface area (Å²) in [6.45, 7) is 0.313. The summed E-state index contributed by atoms with van der Waals surface area (Å²) >= 11 is 10.8. The third-order valence-electron chi connectivity index (χ3n) is 1.32. The van der Waals surface area contributed by atoms with Gasteiger partial charge in [0, 0.05) is 0 Å². The molecule has 0 aliphatic rings. The van der Waals surface area contributed by atoms with E-state index in [1.807, 2.05) is 0 Å². The third-order valence-corrected chi connectivity index (χ3v) is 1.63. The molecule has 0 aromatic heterocycles. The molecule has 0 heterocycles. The number of phenols is 1. The van der Waals surface area contributed by atoms with E-state index in [0.717, 1.165) is 0 Å². The zero-order valence-electron chi connectivity index (χ0n) is 6.71. The molecule has 0 atom stereocenters. The highest BCUT2D eigenvalue weighted by Crippen LogP contribution is 2.16. The van der Waals surface area contributed by atoms with Crippen LogP contribution in [0.25, 0.3) is 0 Å². The molecule has 1 aromatic carbocycles. The van der Waals surface area contributed by atoms with Gasteiger partial charge in [0.05, 0.1) is 0 Å². The van der Waals surface area contributed by atoms with Crippen LogP contribution in [0.1, 0.15) is 0 Å². The van der Waals surface area contributed by atoms with E-state index in [9.17, 15) is 0 Å². The van der Waals surface area contributed by atoms with E-state index in [4.69, 9.17) is 33.0 Å². The van der Waals surface area contributed by atoms with Crippen LogP contribution in [0.3, 0.4) is 0 Å². The second-order valence-electron chi connectivity index (χ2n) is 2.30. The van der Waals surface area contributed by atoms with Gasteiger partial charge in [0.1, 0.15) is 22.6 Å². The van der Waals surface area contributed by atoms with E-state index >= 15 is 0 Å². The Morgan fingerprint density at radius 1 is 1.31 bits per heavy atom. The first-order chi connectivity index (χ1) is 6.18. The van der Waals surface area contributed by atoms with Crippen molar-refractivity contribution < 1.29 is 9.84 Å². The summed E-state index contributed by atoms with van der Waals surface area (Å²) < 4.78 is 5.39. The molecule has 1 aromatic rings. The summed E-state index contributed by atoms with van der Waals surface area (Å²) in [6, 6.07) is 6.40. The maximum atomic E-state index is 8.96. The van der Waals surface area contributed by atoms with E-state index in [1.165, 1.54) is 6.08 Å². The van der Waals surface area contributed by atoms with Crippen LogP contribution in [-0.2, 0) is 0 Å². The van der Waals surface area contributed by atoms with E-state index in [1.54, 1.807) is 24.3 Å². The molecular formula is C9H8Cl2O2. The van der Waals surface area contributed by atoms with Crippen LogP contribution < -0.4 is 4.74 Å². The van der Waals surface area contributed by atoms with Crippen LogP contribution in [-0.4, -0.2) is 11.7 Å². The van der Waals surface area contributed by atoms with Crippen molar-refractivity contribution >= 4 is 23.2 Å². The molecule has 13 heavy (non-hydrogen) atoms. The first kappa shape index (κ1) is 10.2. The fourth-order valence-electron chi connectivity index (χ4n) is 0.743. The van der Waals surface area contributed by atoms with Crippen molar-refractivity contribution in [3.05, 3.63) is 34.8 Å². The highest BCUT2D eigenvalue weighted by Gasteiger charge is 1.92. The van der Waals surface area contributed by atoms with Crippen LogP contribution in [0, 0.1) is 0 Å². The molecule has 0 radical (unpaired) electrons. The highest BCUT2D eigenvalue weighted by molar-refractivity contribution is 6.55. The quantitative estimate of drug-likeness (QED) is 0.846. The van der Waals surface area contributed by atoms with Crippen LogP contribution in [0.4, 0.5) is 0 Å². The Hall–Kier alpha value is -0.860. The topological polar surface area (TPSA) is 29.5 Å². The fourth-order valence-corrected chi connectivity index (χ4v) is 0.869. The second-order valence-corrected chi connectivity index (χ2v) is 3.31. The van der Waals surface area contributed by atoms with Gasteiger partial charge in [0.25, 0.3) is 0 Å². The molecule has 0 spiro atoms. The Kier molecular flexibility index (Phi) is 3.93. The molecule has 0 aliphatic carbocycles. The predicted octanol–water partition coefficient (Wildman–Crippen LogP) is 3.09. The monoisotopic (exact) mass is 218 g/mol. The third kappa shape index (κ3) is 4.06. The first-order valence-electron chi connectivity index (χ1n) is 3.61. The lowest BCUT2D eigenvalue weighted by Crippen LogP contribution is -1.92. The van der Waals surface area contributed by atoms with Gasteiger partial charge in [-0.1, -0.05) is 23.2 Å². The molecule has 1 rings (SSSR count). The van der Waals surface area contributed by atoms with Crippen molar-refractivity contribution in [3.8, 4) is 11.5 Å². The number of aromatic hydroxyl groups is 1. The van der Waals surface area contributed by atoms with Crippen molar-refractivity contribution in [2.24, 2.45) is 0 Å². The molecule has 2 nitrogen and oxygen atoms in total. The Morgan fingerprint density at radius 3 is 2.46 bits per heavy atom. The Bertz CT molecular complexity index is 289. The van der Waals surface area contributed by atoms with Crippen LogP contribution in [0.5, 0.6) is 11.5 Å². The lowest BCUT2D eigenvalue weighted by atomic mass is 10.3. The molecule has 0 fully saturated rings. The maximum absolute atomic E-state index is 8.96. The molecule has 0 saturated heterocycles. The second kappa shape index (κ2) is 5.00. The standard InChI is InChI=1S/C9H8Cl2O2/c10-9(11)5-6-13-8-3-1-7(12)2-4-8/h1-5,12H,6H2. The number of phenolic OH excluding ortho intramolecular Hbond substituents is 1. The smallest absolute Gasteiger partial charge is 0.120 e. The minimum absolute atomic E-state index is 0.179. The van der Waals surface area contributed by atoms with Gasteiger partial charge in [-0.15, -0.1) is 0 Å².